The Kier molecular flexibility index (Phi) is 4.88. The first kappa shape index (κ1) is 13.2. The van der Waals surface area contributed by atoms with Crippen molar-refractivity contribution >= 4 is 5.69 Å². The summed E-state index contributed by atoms with van der Waals surface area (Å²) in [7, 11) is 0. The van der Waals surface area contributed by atoms with E-state index in [0.29, 0.717) is 5.92 Å². The summed E-state index contributed by atoms with van der Waals surface area (Å²) in [6.45, 7) is 9.47. The molecule has 3 heteroatoms. The van der Waals surface area contributed by atoms with Crippen molar-refractivity contribution in [3.63, 3.8) is 0 Å². The van der Waals surface area contributed by atoms with E-state index >= 15 is 0 Å². The molecule has 100 valence electrons. The van der Waals surface area contributed by atoms with Crippen LogP contribution in [0.5, 0.6) is 5.75 Å². The van der Waals surface area contributed by atoms with Crippen molar-refractivity contribution < 1.29 is 4.74 Å². The number of nitrogens with zero attached hydrogens (tertiary/aromatic N) is 1. The van der Waals surface area contributed by atoms with Crippen LogP contribution in [-0.2, 0) is 0 Å². The predicted molar refractivity (Wildman–Crippen MR) is 76.5 cm³/mol. The minimum atomic E-state index is 0.612. The SMILES string of the molecule is CCC(C)COc1ccccc1N1CCNCC1. The maximum Gasteiger partial charge on any atom is 0.142 e. The van der Waals surface area contributed by atoms with Crippen molar-refractivity contribution in [2.24, 2.45) is 5.92 Å². The first-order valence-electron chi connectivity index (χ1n) is 6.98. The monoisotopic (exact) mass is 248 g/mol. The lowest BCUT2D eigenvalue weighted by Crippen LogP contribution is -2.43. The molecule has 18 heavy (non-hydrogen) atoms. The van der Waals surface area contributed by atoms with Crippen LogP contribution in [0.2, 0.25) is 0 Å². The molecule has 0 radical (unpaired) electrons. The van der Waals surface area contributed by atoms with Crippen molar-refractivity contribution in [2.45, 2.75) is 20.3 Å². The lowest BCUT2D eigenvalue weighted by atomic mass is 10.1. The van der Waals surface area contributed by atoms with Crippen LogP contribution in [0.15, 0.2) is 24.3 Å². The fourth-order valence-electron chi connectivity index (χ4n) is 2.10. The molecule has 1 atom stereocenters. The summed E-state index contributed by atoms with van der Waals surface area (Å²) in [6, 6.07) is 8.39. The number of ether oxygens (including phenoxy) is 1. The van der Waals surface area contributed by atoms with Gasteiger partial charge in [0.15, 0.2) is 0 Å². The number of anilines is 1. The third-order valence-electron chi connectivity index (χ3n) is 3.54. The summed E-state index contributed by atoms with van der Waals surface area (Å²) in [5, 5.41) is 3.38. The number of hydrogen-bond donors (Lipinski definition) is 1. The van der Waals surface area contributed by atoms with Crippen LogP contribution < -0.4 is 15.0 Å². The molecule has 0 spiro atoms. The zero-order valence-corrected chi connectivity index (χ0v) is 11.5. The van der Waals surface area contributed by atoms with Crippen molar-refractivity contribution in [1.29, 1.82) is 0 Å². The van der Waals surface area contributed by atoms with Crippen LogP contribution in [0.4, 0.5) is 5.69 Å². The van der Waals surface area contributed by atoms with E-state index in [1.165, 1.54) is 5.69 Å². The molecule has 0 aliphatic carbocycles. The highest BCUT2D eigenvalue weighted by Gasteiger charge is 2.14. The van der Waals surface area contributed by atoms with Crippen LogP contribution in [0, 0.1) is 5.92 Å². The molecule has 0 bridgehead atoms. The fourth-order valence-corrected chi connectivity index (χ4v) is 2.10. The first-order chi connectivity index (χ1) is 8.81. The van der Waals surface area contributed by atoms with E-state index in [-0.39, 0.29) is 0 Å². The molecule has 1 aliphatic rings. The lowest BCUT2D eigenvalue weighted by Gasteiger charge is -2.31. The topological polar surface area (TPSA) is 24.5 Å². The average Bonchev–Trinajstić information content (AvgIpc) is 2.46. The highest BCUT2D eigenvalue weighted by atomic mass is 16.5. The summed E-state index contributed by atoms with van der Waals surface area (Å²) in [4.78, 5) is 2.41. The highest BCUT2D eigenvalue weighted by molar-refractivity contribution is 5.58. The predicted octanol–water partition coefficient (Wildman–Crippen LogP) is 2.52. The molecule has 1 aromatic rings. The molecule has 1 N–H and O–H groups in total. The van der Waals surface area contributed by atoms with E-state index in [2.05, 4.69) is 48.3 Å². The van der Waals surface area contributed by atoms with Gasteiger partial charge in [-0.2, -0.15) is 0 Å². The summed E-state index contributed by atoms with van der Waals surface area (Å²) < 4.78 is 5.98. The van der Waals surface area contributed by atoms with Gasteiger partial charge in [0.1, 0.15) is 5.75 Å². The molecule has 2 rings (SSSR count). The van der Waals surface area contributed by atoms with E-state index in [1.807, 2.05) is 0 Å². The van der Waals surface area contributed by atoms with E-state index < -0.39 is 0 Å². The van der Waals surface area contributed by atoms with Gasteiger partial charge >= 0.3 is 0 Å². The Morgan fingerprint density at radius 1 is 1.28 bits per heavy atom. The van der Waals surface area contributed by atoms with Gasteiger partial charge in [-0.15, -0.1) is 0 Å². The Balaban J connectivity index is 2.04. The fraction of sp³-hybridized carbons (Fsp3) is 0.600. The Hall–Kier alpha value is -1.22. The molecule has 0 saturated carbocycles. The molecular weight excluding hydrogens is 224 g/mol. The maximum absolute atomic E-state index is 5.98. The molecule has 1 saturated heterocycles. The number of para-hydroxylation sites is 2. The third-order valence-corrected chi connectivity index (χ3v) is 3.54. The van der Waals surface area contributed by atoms with Gasteiger partial charge < -0.3 is 15.0 Å². The molecule has 3 nitrogen and oxygen atoms in total. The second kappa shape index (κ2) is 6.64. The number of hydrogen-bond acceptors (Lipinski definition) is 3. The maximum atomic E-state index is 5.98. The molecule has 1 heterocycles. The van der Waals surface area contributed by atoms with E-state index in [9.17, 15) is 0 Å². The summed E-state index contributed by atoms with van der Waals surface area (Å²) in [5.74, 6) is 1.64. The lowest BCUT2D eigenvalue weighted by molar-refractivity contribution is 0.257. The van der Waals surface area contributed by atoms with Crippen LogP contribution >= 0.6 is 0 Å². The van der Waals surface area contributed by atoms with E-state index in [4.69, 9.17) is 4.74 Å². The largest absolute Gasteiger partial charge is 0.491 e. The Morgan fingerprint density at radius 3 is 2.72 bits per heavy atom. The molecule has 1 aliphatic heterocycles. The smallest absolute Gasteiger partial charge is 0.142 e. The number of benzene rings is 1. The zero-order chi connectivity index (χ0) is 12.8. The molecule has 0 amide bonds. The third kappa shape index (κ3) is 3.39. The van der Waals surface area contributed by atoms with Crippen LogP contribution in [-0.4, -0.2) is 32.8 Å². The minimum Gasteiger partial charge on any atom is -0.491 e. The summed E-state index contributed by atoms with van der Waals surface area (Å²) in [5.41, 5.74) is 1.24. The highest BCUT2D eigenvalue weighted by Crippen LogP contribution is 2.28. The average molecular weight is 248 g/mol. The van der Waals surface area contributed by atoms with Crippen LogP contribution in [0.25, 0.3) is 0 Å². The summed E-state index contributed by atoms with van der Waals surface area (Å²) >= 11 is 0. The van der Waals surface area contributed by atoms with Gasteiger partial charge in [-0.1, -0.05) is 32.4 Å². The summed E-state index contributed by atoms with van der Waals surface area (Å²) in [6.07, 6.45) is 1.16. The number of rotatable bonds is 5. The second-order valence-electron chi connectivity index (χ2n) is 5.03. The van der Waals surface area contributed by atoms with Crippen molar-refractivity contribution in [3.8, 4) is 5.75 Å². The Morgan fingerprint density at radius 2 is 2.00 bits per heavy atom. The Bertz CT molecular complexity index is 361. The van der Waals surface area contributed by atoms with Crippen molar-refractivity contribution in [3.05, 3.63) is 24.3 Å². The van der Waals surface area contributed by atoms with Crippen LogP contribution in [0.1, 0.15) is 20.3 Å². The van der Waals surface area contributed by atoms with E-state index in [1.54, 1.807) is 0 Å². The first-order valence-corrected chi connectivity index (χ1v) is 6.98. The molecule has 0 aromatic heterocycles. The van der Waals surface area contributed by atoms with Crippen molar-refractivity contribution in [1.82, 2.24) is 5.32 Å². The van der Waals surface area contributed by atoms with Gasteiger partial charge in [0, 0.05) is 26.2 Å². The second-order valence-corrected chi connectivity index (χ2v) is 5.03. The molecule has 1 fully saturated rings. The molecule has 1 unspecified atom stereocenters. The van der Waals surface area contributed by atoms with E-state index in [0.717, 1.165) is 45.0 Å². The van der Waals surface area contributed by atoms with Gasteiger partial charge in [-0.3, -0.25) is 0 Å². The zero-order valence-electron chi connectivity index (χ0n) is 11.5. The molecule has 1 aromatic carbocycles. The normalized spacial score (nSPS) is 17.6. The number of piperazine rings is 1. The quantitative estimate of drug-likeness (QED) is 0.866. The minimum absolute atomic E-state index is 0.612. The van der Waals surface area contributed by atoms with Gasteiger partial charge in [0.25, 0.3) is 0 Å². The Labute approximate surface area is 110 Å². The van der Waals surface area contributed by atoms with Crippen molar-refractivity contribution in [2.75, 3.05) is 37.7 Å². The standard InChI is InChI=1S/C15H24N2O/c1-3-13(2)12-18-15-7-5-4-6-14(15)17-10-8-16-9-11-17/h4-7,13,16H,3,8-12H2,1-2H3. The van der Waals surface area contributed by atoms with Gasteiger partial charge in [-0.25, -0.2) is 0 Å². The van der Waals surface area contributed by atoms with Gasteiger partial charge in [-0.05, 0) is 18.1 Å². The number of nitrogens with one attached hydrogen (secondary N) is 1. The van der Waals surface area contributed by atoms with Crippen LogP contribution in [0.3, 0.4) is 0 Å². The molecular formula is C15H24N2O. The van der Waals surface area contributed by atoms with Gasteiger partial charge in [0.05, 0.1) is 12.3 Å². The van der Waals surface area contributed by atoms with Gasteiger partial charge in [0.2, 0.25) is 0 Å².